The second-order valence-electron chi connectivity index (χ2n) is 4.60. The Balaban J connectivity index is 2.09. The van der Waals surface area contributed by atoms with Crippen LogP contribution in [-0.4, -0.2) is 0 Å². The average molecular weight is 412 g/mol. The maximum atomic E-state index is 8.98. The minimum absolute atomic E-state index is 0.634. The summed E-state index contributed by atoms with van der Waals surface area (Å²) in [6.07, 6.45) is 7.87. The molecule has 0 atom stereocenters. The van der Waals surface area contributed by atoms with Gasteiger partial charge in [0.05, 0.1) is 0 Å². The van der Waals surface area contributed by atoms with Gasteiger partial charge in [-0.1, -0.05) is 0 Å². The van der Waals surface area contributed by atoms with Gasteiger partial charge in [-0.25, -0.2) is 0 Å². The average Bonchev–Trinajstić information content (AvgIpc) is 2.64. The van der Waals surface area contributed by atoms with E-state index < -0.39 is 20.4 Å². The van der Waals surface area contributed by atoms with Crippen LogP contribution in [0, 0.1) is 21.5 Å². The number of nitrogens with zero attached hydrogens (tertiary/aromatic N) is 4. The summed E-state index contributed by atoms with van der Waals surface area (Å²) in [6.45, 7) is 7.09. The first-order chi connectivity index (χ1) is 11.3. The Kier molecular flexibility index (Phi) is 4.60. The summed E-state index contributed by atoms with van der Waals surface area (Å²) in [6, 6.07) is 19.8. The molecule has 0 radical (unpaired) electrons. The zero-order valence-electron chi connectivity index (χ0n) is 12.2. The predicted octanol–water partition coefficient (Wildman–Crippen LogP) is 3.29. The fourth-order valence-electron chi connectivity index (χ4n) is 2.02. The van der Waals surface area contributed by atoms with E-state index in [1.54, 1.807) is 0 Å². The van der Waals surface area contributed by atoms with Crippen LogP contribution in [0.15, 0.2) is 79.4 Å². The van der Waals surface area contributed by atoms with E-state index in [2.05, 4.69) is 28.6 Å². The van der Waals surface area contributed by atoms with Gasteiger partial charge < -0.3 is 0 Å². The Morgan fingerprint density at radius 1 is 0.870 bits per heavy atom. The molecule has 110 valence electrons. The summed E-state index contributed by atoms with van der Waals surface area (Å²) < 4.78 is 5.66. The molecule has 23 heavy (non-hydrogen) atoms. The molecule has 3 aromatic rings. The molecular weight excluding hydrogens is 399 g/mol. The van der Waals surface area contributed by atoms with Crippen LogP contribution in [0.3, 0.4) is 0 Å². The van der Waals surface area contributed by atoms with Crippen molar-refractivity contribution in [2.45, 2.75) is 0 Å². The van der Waals surface area contributed by atoms with Crippen LogP contribution >= 0.6 is 20.4 Å². The van der Waals surface area contributed by atoms with Gasteiger partial charge >= 0.3 is 143 Å². The number of hydrogen-bond donors (Lipinski definition) is 0. The third-order valence-electron chi connectivity index (χ3n) is 3.12. The molecule has 2 aromatic heterocycles. The van der Waals surface area contributed by atoms with Gasteiger partial charge in [0.2, 0.25) is 0 Å². The molecule has 0 aliphatic heterocycles. The Bertz CT molecular complexity index is 818. The van der Waals surface area contributed by atoms with Crippen LogP contribution in [-0.2, 0) is 0 Å². The molecule has 2 heterocycles. The van der Waals surface area contributed by atoms with Gasteiger partial charge in [0.1, 0.15) is 0 Å². The second-order valence-corrected chi connectivity index (χ2v) is 9.47. The minimum atomic E-state index is -1.96. The van der Waals surface area contributed by atoms with Gasteiger partial charge in [-0.3, -0.25) is 0 Å². The molecule has 4 nitrogen and oxygen atoms in total. The van der Waals surface area contributed by atoms with Crippen LogP contribution in [0.4, 0.5) is 5.69 Å². The van der Waals surface area contributed by atoms with E-state index in [0.29, 0.717) is 11.3 Å². The van der Waals surface area contributed by atoms with Crippen LogP contribution < -0.4 is 5.56 Å². The summed E-state index contributed by atoms with van der Waals surface area (Å²) in [4.78, 5) is 3.45. The van der Waals surface area contributed by atoms with E-state index in [1.165, 1.54) is 3.57 Å². The van der Waals surface area contributed by atoms with E-state index in [1.807, 2.05) is 67.3 Å². The van der Waals surface area contributed by atoms with E-state index >= 15 is 0 Å². The monoisotopic (exact) mass is 412 g/mol. The summed E-state index contributed by atoms with van der Waals surface area (Å²) in [5.74, 6) is 0. The number of hydrogen-bond acceptors (Lipinski definition) is 1. The number of rotatable bonds is 3. The van der Waals surface area contributed by atoms with Crippen molar-refractivity contribution in [1.82, 2.24) is 0 Å². The molecule has 0 amide bonds. The third-order valence-corrected chi connectivity index (χ3v) is 8.36. The molecule has 3 rings (SSSR count). The van der Waals surface area contributed by atoms with Gasteiger partial charge in [0.15, 0.2) is 0 Å². The molecule has 0 spiro atoms. The molecule has 0 bridgehead atoms. The van der Waals surface area contributed by atoms with Crippen molar-refractivity contribution in [1.29, 1.82) is 5.26 Å². The molecule has 0 saturated heterocycles. The number of aromatic nitrogens is 2. The fraction of sp³-hybridized carbons (Fsp3) is 0. The first kappa shape index (κ1) is 15.1. The van der Waals surface area contributed by atoms with Crippen molar-refractivity contribution in [2.75, 3.05) is 0 Å². The fourth-order valence-corrected chi connectivity index (χ4v) is 6.81. The zero-order valence-corrected chi connectivity index (χ0v) is 14.3. The second kappa shape index (κ2) is 6.99. The Morgan fingerprint density at radius 2 is 1.43 bits per heavy atom. The molecule has 0 aliphatic rings. The summed E-state index contributed by atoms with van der Waals surface area (Å²) >= 11 is -1.96. The normalized spacial score (nSPS) is 10.4. The van der Waals surface area contributed by atoms with Crippen molar-refractivity contribution in [3.05, 3.63) is 99.9 Å². The maximum absolute atomic E-state index is 8.98. The molecule has 0 N–H and O–H groups in total. The van der Waals surface area contributed by atoms with Gasteiger partial charge in [-0.05, 0) is 0 Å². The van der Waals surface area contributed by atoms with E-state index in [4.69, 9.17) is 11.8 Å². The van der Waals surface area contributed by atoms with Gasteiger partial charge in [0.25, 0.3) is 0 Å². The quantitative estimate of drug-likeness (QED) is 0.481. The van der Waals surface area contributed by atoms with Crippen molar-refractivity contribution < 1.29 is 5.56 Å². The standard InChI is InChI=1S/C18H13IN4/c1-21-18-9-13-23(14-10-18)19(17-5-3-2-4-6-17)22-11-7-16(15-20)8-12-22/h2-14H/q+2. The molecule has 0 aliphatic carbocycles. The van der Waals surface area contributed by atoms with E-state index in [0.717, 1.165) is 0 Å². The summed E-state index contributed by atoms with van der Waals surface area (Å²) in [5.41, 5.74) is 1.29. The SMILES string of the molecule is [C-]#[N+]c1cc[n+](I(c2ccccc2)[n+]2ccc(C#N)cc2)cc1. The molecule has 0 fully saturated rings. The van der Waals surface area contributed by atoms with Crippen molar-refractivity contribution in [3.8, 4) is 6.07 Å². The van der Waals surface area contributed by atoms with Crippen LogP contribution in [0.5, 0.6) is 0 Å². The predicted molar refractivity (Wildman–Crippen MR) is 94.2 cm³/mol. The molecule has 1 aromatic carbocycles. The van der Waals surface area contributed by atoms with E-state index in [-0.39, 0.29) is 0 Å². The topological polar surface area (TPSA) is 35.9 Å². The molecule has 0 saturated carbocycles. The molecule has 0 unspecified atom stereocenters. The Labute approximate surface area is 142 Å². The number of halogens is 1. The number of benzene rings is 1. The van der Waals surface area contributed by atoms with Gasteiger partial charge in [-0.15, -0.1) is 0 Å². The Morgan fingerprint density at radius 3 is 1.96 bits per heavy atom. The summed E-state index contributed by atoms with van der Waals surface area (Å²) in [7, 11) is 0. The number of nitriles is 1. The van der Waals surface area contributed by atoms with Gasteiger partial charge in [-0.2, -0.15) is 0 Å². The van der Waals surface area contributed by atoms with Crippen molar-refractivity contribution in [2.24, 2.45) is 0 Å². The third kappa shape index (κ3) is 3.36. The van der Waals surface area contributed by atoms with Crippen molar-refractivity contribution >= 4 is 26.1 Å². The zero-order chi connectivity index (χ0) is 16.1. The van der Waals surface area contributed by atoms with Crippen molar-refractivity contribution in [3.63, 3.8) is 0 Å². The summed E-state index contributed by atoms with van der Waals surface area (Å²) in [5, 5.41) is 8.98. The van der Waals surface area contributed by atoms with Crippen LogP contribution in [0.25, 0.3) is 4.85 Å². The van der Waals surface area contributed by atoms with Gasteiger partial charge in [0, 0.05) is 0 Å². The molecule has 5 heteroatoms. The Hall–Kier alpha value is -2.77. The first-order valence-corrected chi connectivity index (χ1v) is 9.89. The molecular formula is C18H13IN4+2. The first-order valence-electron chi connectivity index (χ1n) is 6.88. The van der Waals surface area contributed by atoms with E-state index in [9.17, 15) is 0 Å². The number of pyridine rings is 2. The van der Waals surface area contributed by atoms with Crippen LogP contribution in [0.2, 0.25) is 0 Å². The van der Waals surface area contributed by atoms with Crippen LogP contribution in [0.1, 0.15) is 5.56 Å².